The molecule has 8 heteroatoms. The van der Waals surface area contributed by atoms with Gasteiger partial charge < -0.3 is 19.9 Å². The van der Waals surface area contributed by atoms with Crippen molar-refractivity contribution in [3.8, 4) is 0 Å². The number of amides is 1. The molecule has 4 fully saturated rings. The van der Waals surface area contributed by atoms with Crippen LogP contribution in [-0.4, -0.2) is 42.9 Å². The summed E-state index contributed by atoms with van der Waals surface area (Å²) < 4.78 is 24.9. The van der Waals surface area contributed by atoms with Crippen LogP contribution in [0.5, 0.6) is 0 Å². The summed E-state index contributed by atoms with van der Waals surface area (Å²) in [6.07, 6.45) is 3.83. The van der Waals surface area contributed by atoms with E-state index in [1.54, 1.807) is 6.07 Å². The molecule has 3 saturated carbocycles. The van der Waals surface area contributed by atoms with Gasteiger partial charge in [0.1, 0.15) is 6.17 Å². The van der Waals surface area contributed by atoms with E-state index in [0.717, 1.165) is 37.9 Å². The van der Waals surface area contributed by atoms with Gasteiger partial charge in [-0.3, -0.25) is 9.59 Å². The molecule has 164 valence electrons. The lowest BCUT2D eigenvalue weighted by Crippen LogP contribution is -2.43. The Kier molecular flexibility index (Phi) is 5.08. The van der Waals surface area contributed by atoms with Crippen LogP contribution in [0.25, 0.3) is 0 Å². The molecule has 30 heavy (non-hydrogen) atoms. The largest absolute Gasteiger partial charge is 0.465 e. The number of aromatic nitrogens is 1. The number of rotatable bonds is 6. The van der Waals surface area contributed by atoms with Gasteiger partial charge in [-0.15, -0.1) is 0 Å². The molecule has 3 aliphatic carbocycles. The third-order valence-corrected chi connectivity index (χ3v) is 8.02. The highest BCUT2D eigenvalue weighted by molar-refractivity contribution is 5.87. The summed E-state index contributed by atoms with van der Waals surface area (Å²) >= 11 is 0. The topological polar surface area (TPSA) is 93.5 Å². The molecule has 6 atom stereocenters. The Morgan fingerprint density at radius 1 is 1.30 bits per heavy atom. The number of hydrogen-bond donors (Lipinski definition) is 2. The van der Waals surface area contributed by atoms with Crippen molar-refractivity contribution in [3.05, 3.63) is 17.5 Å². The summed E-state index contributed by atoms with van der Waals surface area (Å²) in [6.45, 7) is 3.25. The molecule has 2 bridgehead atoms. The molecule has 1 aliphatic heterocycles. The van der Waals surface area contributed by atoms with Gasteiger partial charge in [0.25, 0.3) is 0 Å². The van der Waals surface area contributed by atoms with E-state index >= 15 is 0 Å². The Morgan fingerprint density at radius 2 is 2.07 bits per heavy atom. The van der Waals surface area contributed by atoms with E-state index in [0.29, 0.717) is 18.7 Å². The molecular weight excluding hydrogens is 389 g/mol. The monoisotopic (exact) mass is 419 g/mol. The zero-order valence-corrected chi connectivity index (χ0v) is 17.4. The van der Waals surface area contributed by atoms with Crippen molar-refractivity contribution in [2.45, 2.75) is 51.7 Å². The quantitative estimate of drug-likeness (QED) is 0.687. The Labute approximate surface area is 175 Å². The molecule has 5 rings (SSSR count). The van der Waals surface area contributed by atoms with Crippen LogP contribution < -0.4 is 10.6 Å². The summed E-state index contributed by atoms with van der Waals surface area (Å²) in [4.78, 5) is 26.3. The third kappa shape index (κ3) is 3.33. The molecule has 1 aromatic rings. The van der Waals surface area contributed by atoms with Crippen molar-refractivity contribution in [1.29, 1.82) is 0 Å². The van der Waals surface area contributed by atoms with E-state index < -0.39 is 12.1 Å². The minimum Gasteiger partial charge on any atom is -0.465 e. The lowest BCUT2D eigenvalue weighted by Gasteiger charge is -2.30. The van der Waals surface area contributed by atoms with Gasteiger partial charge in [0.2, 0.25) is 5.91 Å². The maximum absolute atomic E-state index is 14.1. The van der Waals surface area contributed by atoms with Gasteiger partial charge in [-0.2, -0.15) is 0 Å². The number of carbonyl (C=O) groups is 2. The van der Waals surface area contributed by atoms with Crippen LogP contribution in [0.3, 0.4) is 0 Å². The molecule has 0 aromatic carbocycles. The second-order valence-electron chi connectivity index (χ2n) is 9.63. The minimum absolute atomic E-state index is 0.102. The molecule has 1 amide bonds. The van der Waals surface area contributed by atoms with Crippen molar-refractivity contribution >= 4 is 11.9 Å². The lowest BCUT2D eigenvalue weighted by atomic mass is 9.78. The van der Waals surface area contributed by atoms with Crippen LogP contribution in [0.1, 0.15) is 43.6 Å². The SMILES string of the molecule is Cc1cc(CNC(=O)[C@H]2[C@H](C(=O)OC[C@@H]3CCNC[C@@H]3F)[C@H]3CC[C@@H]2C32CC2)on1. The normalized spacial score (nSPS) is 36.1. The zero-order chi connectivity index (χ0) is 20.9. The van der Waals surface area contributed by atoms with E-state index in [1.165, 1.54) is 0 Å². The first-order valence-corrected chi connectivity index (χ1v) is 11.2. The van der Waals surface area contributed by atoms with Crippen LogP contribution in [0.15, 0.2) is 10.6 Å². The van der Waals surface area contributed by atoms with E-state index in [9.17, 15) is 14.0 Å². The van der Waals surface area contributed by atoms with E-state index in [2.05, 4.69) is 15.8 Å². The van der Waals surface area contributed by atoms with E-state index in [1.807, 2.05) is 6.92 Å². The average Bonchev–Trinajstić information content (AvgIpc) is 3.22. The fourth-order valence-electron chi connectivity index (χ4n) is 6.47. The third-order valence-electron chi connectivity index (χ3n) is 8.02. The molecule has 0 radical (unpaired) electrons. The number of halogens is 1. The highest BCUT2D eigenvalue weighted by Gasteiger charge is 2.72. The summed E-state index contributed by atoms with van der Waals surface area (Å²) in [5.41, 5.74) is 0.910. The minimum atomic E-state index is -0.995. The second kappa shape index (κ2) is 7.62. The van der Waals surface area contributed by atoms with Crippen LogP contribution in [0.4, 0.5) is 4.39 Å². The van der Waals surface area contributed by atoms with Crippen LogP contribution in [0.2, 0.25) is 0 Å². The first-order chi connectivity index (χ1) is 14.5. The number of ether oxygens (including phenoxy) is 1. The number of hydrogen-bond acceptors (Lipinski definition) is 6. The zero-order valence-electron chi connectivity index (χ0n) is 17.4. The summed E-state index contributed by atoms with van der Waals surface area (Å²) in [5.74, 6) is -0.393. The predicted octanol–water partition coefficient (Wildman–Crippen LogP) is 2.14. The predicted molar refractivity (Wildman–Crippen MR) is 105 cm³/mol. The number of aryl methyl sites for hydroxylation is 1. The van der Waals surface area contributed by atoms with Gasteiger partial charge >= 0.3 is 5.97 Å². The highest BCUT2D eigenvalue weighted by atomic mass is 19.1. The Hall–Kier alpha value is -1.96. The Balaban J connectivity index is 1.27. The van der Waals surface area contributed by atoms with Crippen molar-refractivity contribution < 1.29 is 23.2 Å². The van der Waals surface area contributed by atoms with Gasteiger partial charge in [-0.25, -0.2) is 4.39 Å². The molecule has 4 aliphatic rings. The first kappa shape index (κ1) is 20.0. The van der Waals surface area contributed by atoms with Crippen LogP contribution in [-0.2, 0) is 20.9 Å². The number of piperidine rings is 1. The van der Waals surface area contributed by atoms with Crippen molar-refractivity contribution in [2.24, 2.45) is 35.0 Å². The Bertz CT molecular complexity index is 823. The lowest BCUT2D eigenvalue weighted by molar-refractivity contribution is -0.157. The molecule has 1 saturated heterocycles. The smallest absolute Gasteiger partial charge is 0.310 e. The number of esters is 1. The standard InChI is InChI=1S/C22H30FN3O4/c1-12-8-14(30-26-12)9-25-20(27)18-15-2-3-16(22(15)5-6-22)19(18)21(28)29-11-13-4-7-24-10-17(13)23/h8,13,15-19,24H,2-7,9-11H2,1H3,(H,25,27)/t13-,15-,16+,17-,18+,19+/m0/s1. The maximum Gasteiger partial charge on any atom is 0.310 e. The maximum atomic E-state index is 14.1. The molecule has 0 unspecified atom stereocenters. The average molecular weight is 419 g/mol. The molecule has 7 nitrogen and oxygen atoms in total. The molecule has 1 spiro atoms. The number of nitrogens with one attached hydrogen (secondary N) is 2. The number of nitrogens with zero attached hydrogens (tertiary/aromatic N) is 1. The van der Waals surface area contributed by atoms with Crippen molar-refractivity contribution in [3.63, 3.8) is 0 Å². The number of alkyl halides is 1. The van der Waals surface area contributed by atoms with Crippen molar-refractivity contribution in [2.75, 3.05) is 19.7 Å². The molecular formula is C22H30FN3O4. The summed E-state index contributed by atoms with van der Waals surface area (Å²) in [5, 5.41) is 9.82. The van der Waals surface area contributed by atoms with Gasteiger partial charge in [0.15, 0.2) is 5.76 Å². The molecule has 1 aromatic heterocycles. The van der Waals surface area contributed by atoms with E-state index in [-0.39, 0.29) is 54.1 Å². The summed E-state index contributed by atoms with van der Waals surface area (Å²) in [7, 11) is 0. The van der Waals surface area contributed by atoms with Gasteiger partial charge in [-0.1, -0.05) is 5.16 Å². The molecule has 2 heterocycles. The van der Waals surface area contributed by atoms with Crippen LogP contribution in [0, 0.1) is 41.9 Å². The van der Waals surface area contributed by atoms with Gasteiger partial charge in [0.05, 0.1) is 30.7 Å². The van der Waals surface area contributed by atoms with Crippen molar-refractivity contribution in [1.82, 2.24) is 15.8 Å². The van der Waals surface area contributed by atoms with Gasteiger partial charge in [-0.05, 0) is 62.8 Å². The number of carbonyl (C=O) groups excluding carboxylic acids is 2. The highest BCUT2D eigenvalue weighted by Crippen LogP contribution is 2.74. The van der Waals surface area contributed by atoms with Gasteiger partial charge in [0, 0.05) is 18.5 Å². The van der Waals surface area contributed by atoms with E-state index in [4.69, 9.17) is 9.26 Å². The van der Waals surface area contributed by atoms with Crippen LogP contribution >= 0.6 is 0 Å². The first-order valence-electron chi connectivity index (χ1n) is 11.2. The summed E-state index contributed by atoms with van der Waals surface area (Å²) in [6, 6.07) is 1.79. The fourth-order valence-corrected chi connectivity index (χ4v) is 6.47. The fraction of sp³-hybridized carbons (Fsp3) is 0.773. The second-order valence-corrected chi connectivity index (χ2v) is 9.63. The molecule has 2 N–H and O–H groups in total. The Morgan fingerprint density at radius 3 is 2.73 bits per heavy atom.